The van der Waals surface area contributed by atoms with Crippen molar-refractivity contribution in [2.75, 3.05) is 11.9 Å². The second-order valence-corrected chi connectivity index (χ2v) is 14.8. The normalized spacial score (nSPS) is 13.8. The molecule has 0 spiro atoms. The predicted molar refractivity (Wildman–Crippen MR) is 211 cm³/mol. The quantitative estimate of drug-likeness (QED) is 0.0608. The Morgan fingerprint density at radius 1 is 0.862 bits per heavy atom. The van der Waals surface area contributed by atoms with Gasteiger partial charge in [-0.05, 0) is 42.4 Å². The molecule has 2 heterocycles. The Labute approximate surface area is 334 Å². The van der Waals surface area contributed by atoms with E-state index in [-0.39, 0.29) is 29.3 Å². The summed E-state index contributed by atoms with van der Waals surface area (Å²) in [7, 11) is 0. The van der Waals surface area contributed by atoms with Crippen LogP contribution >= 0.6 is 11.5 Å². The fraction of sp³-hybridized carbons (Fsp3) is 0.378. The van der Waals surface area contributed by atoms with E-state index in [2.05, 4.69) is 35.9 Å². The standard InChI is InChI=1S/C37H45FN10O9S/c1-17(2)13-24(43-34(54)26(18(3)4)44-30(50)22(39)16-40-33(53)27-25(38)32(52)47-36(56)45-27)31(51)42-23(14-19-9-6-5-7-10-19)28(49)35(55)41-21-12-8-11-20(15-21)29-46-37(57)58-48-29/h5-12,15,17-18,22-24,26,28,49H,13-14,16,39H2,1-4H3,(H,40,53)(H,41,55)(H,42,51)(H,43,54)(H,44,50)(H,46,48,57)(H2,45,47,52,56)/t22-,23-,24-,26-,28+/m0/s1. The molecular weight excluding hydrogens is 780 g/mol. The minimum Gasteiger partial charge on any atom is -0.381 e. The van der Waals surface area contributed by atoms with Gasteiger partial charge in [0.25, 0.3) is 17.4 Å². The summed E-state index contributed by atoms with van der Waals surface area (Å²) < 4.78 is 18.1. The Hall–Kier alpha value is -6.32. The van der Waals surface area contributed by atoms with Gasteiger partial charge < -0.3 is 42.4 Å². The lowest BCUT2D eigenvalue weighted by Crippen LogP contribution is -2.60. The number of hydrogen-bond donors (Lipinski definition) is 10. The summed E-state index contributed by atoms with van der Waals surface area (Å²) in [5, 5.41) is 24.0. The second kappa shape index (κ2) is 20.2. The molecule has 310 valence electrons. The van der Waals surface area contributed by atoms with E-state index in [9.17, 15) is 47.9 Å². The van der Waals surface area contributed by atoms with Crippen LogP contribution in [0.3, 0.4) is 0 Å². The molecule has 11 N–H and O–H groups in total. The number of aliphatic hydroxyl groups excluding tert-OH is 1. The van der Waals surface area contributed by atoms with Crippen molar-refractivity contribution in [3.05, 3.63) is 102 Å². The molecule has 58 heavy (non-hydrogen) atoms. The maximum Gasteiger partial charge on any atom is 0.326 e. The number of carbonyl (C=O) groups excluding carboxylic acids is 5. The highest BCUT2D eigenvalue weighted by molar-refractivity contribution is 7.03. The van der Waals surface area contributed by atoms with Crippen LogP contribution in [0.2, 0.25) is 0 Å². The number of aromatic nitrogens is 4. The third-order valence-corrected chi connectivity index (χ3v) is 9.18. The van der Waals surface area contributed by atoms with Gasteiger partial charge in [-0.25, -0.2) is 4.79 Å². The van der Waals surface area contributed by atoms with Crippen LogP contribution in [0.4, 0.5) is 10.1 Å². The van der Waals surface area contributed by atoms with Crippen LogP contribution in [0.1, 0.15) is 50.2 Å². The minimum absolute atomic E-state index is 0.0200. The molecule has 0 aliphatic rings. The molecule has 5 atom stereocenters. The minimum atomic E-state index is -1.79. The number of aliphatic hydroxyl groups is 1. The molecule has 0 radical (unpaired) electrons. The summed E-state index contributed by atoms with van der Waals surface area (Å²) >= 11 is 0.736. The lowest BCUT2D eigenvalue weighted by atomic mass is 9.97. The van der Waals surface area contributed by atoms with Gasteiger partial charge in [-0.1, -0.05) is 70.2 Å². The number of halogens is 1. The molecule has 0 saturated carbocycles. The molecule has 19 nitrogen and oxygen atoms in total. The molecule has 21 heteroatoms. The fourth-order valence-corrected chi connectivity index (χ4v) is 6.13. The van der Waals surface area contributed by atoms with Gasteiger partial charge in [0.05, 0.1) is 6.04 Å². The van der Waals surface area contributed by atoms with Crippen LogP contribution < -0.4 is 48.4 Å². The van der Waals surface area contributed by atoms with E-state index in [1.54, 1.807) is 73.4 Å². The molecule has 2 aromatic carbocycles. The first kappa shape index (κ1) is 44.4. The summed E-state index contributed by atoms with van der Waals surface area (Å²) in [5.41, 5.74) is 3.89. The highest BCUT2D eigenvalue weighted by atomic mass is 32.1. The topological polar surface area (TPSA) is 303 Å². The van der Waals surface area contributed by atoms with Gasteiger partial charge in [0, 0.05) is 29.3 Å². The van der Waals surface area contributed by atoms with Crippen molar-refractivity contribution in [2.45, 2.75) is 70.8 Å². The molecule has 0 aliphatic heterocycles. The van der Waals surface area contributed by atoms with E-state index in [1.165, 1.54) is 0 Å². The Kier molecular flexibility index (Phi) is 15.5. The lowest BCUT2D eigenvalue weighted by Gasteiger charge is -2.29. The molecular formula is C37H45FN10O9S. The monoisotopic (exact) mass is 824 g/mol. The van der Waals surface area contributed by atoms with Crippen molar-refractivity contribution >= 4 is 46.8 Å². The van der Waals surface area contributed by atoms with Crippen molar-refractivity contribution in [3.63, 3.8) is 0 Å². The van der Waals surface area contributed by atoms with Gasteiger partial charge in [-0.15, -0.1) is 0 Å². The first-order valence-corrected chi connectivity index (χ1v) is 18.9. The van der Waals surface area contributed by atoms with Crippen LogP contribution in [0.15, 0.2) is 69.0 Å². The largest absolute Gasteiger partial charge is 0.381 e. The molecule has 0 unspecified atom stereocenters. The summed E-state index contributed by atoms with van der Waals surface area (Å²) in [6.07, 6.45) is -1.65. The van der Waals surface area contributed by atoms with Crippen LogP contribution in [-0.4, -0.2) is 90.8 Å². The summed E-state index contributed by atoms with van der Waals surface area (Å²) in [4.78, 5) is 107. The van der Waals surface area contributed by atoms with E-state index in [1.807, 2.05) is 18.8 Å². The number of nitrogens with one attached hydrogen (secondary N) is 8. The molecule has 4 rings (SSSR count). The van der Waals surface area contributed by atoms with Crippen molar-refractivity contribution in [1.29, 1.82) is 0 Å². The molecule has 0 fully saturated rings. The van der Waals surface area contributed by atoms with Gasteiger partial charge in [-0.3, -0.25) is 43.5 Å². The van der Waals surface area contributed by atoms with Gasteiger partial charge in [0.2, 0.25) is 23.5 Å². The van der Waals surface area contributed by atoms with Crippen molar-refractivity contribution in [2.24, 2.45) is 17.6 Å². The second-order valence-electron chi connectivity index (χ2n) is 14.1. The van der Waals surface area contributed by atoms with Crippen molar-refractivity contribution in [1.82, 2.24) is 40.6 Å². The molecule has 4 aromatic rings. The number of hydrogen-bond acceptors (Lipinski definition) is 12. The first-order chi connectivity index (χ1) is 27.4. The number of H-pyrrole nitrogens is 3. The van der Waals surface area contributed by atoms with E-state index < -0.39 is 95.0 Å². The fourth-order valence-electron chi connectivity index (χ4n) is 5.66. The van der Waals surface area contributed by atoms with Crippen molar-refractivity contribution < 1.29 is 33.5 Å². The zero-order valence-corrected chi connectivity index (χ0v) is 32.7. The average Bonchev–Trinajstić information content (AvgIpc) is 3.62. The Bertz CT molecular complexity index is 2270. The van der Waals surface area contributed by atoms with E-state index in [0.29, 0.717) is 17.0 Å². The summed E-state index contributed by atoms with van der Waals surface area (Å²) in [6, 6.07) is 10.1. The van der Waals surface area contributed by atoms with Gasteiger partial charge in [0.1, 0.15) is 23.8 Å². The van der Waals surface area contributed by atoms with Gasteiger partial charge in [-0.2, -0.15) is 8.76 Å². The molecule has 2 aromatic heterocycles. The van der Waals surface area contributed by atoms with E-state index >= 15 is 0 Å². The number of anilines is 1. The lowest BCUT2D eigenvalue weighted by molar-refractivity contribution is -0.134. The smallest absolute Gasteiger partial charge is 0.326 e. The zero-order valence-electron chi connectivity index (χ0n) is 31.9. The highest BCUT2D eigenvalue weighted by Crippen LogP contribution is 2.20. The number of benzene rings is 2. The highest BCUT2D eigenvalue weighted by Gasteiger charge is 2.34. The molecule has 0 saturated heterocycles. The van der Waals surface area contributed by atoms with Gasteiger partial charge in [0.15, 0.2) is 11.9 Å². The van der Waals surface area contributed by atoms with Crippen LogP contribution in [0.25, 0.3) is 11.4 Å². The maximum absolute atomic E-state index is 14.1. The zero-order chi connectivity index (χ0) is 42.7. The SMILES string of the molecule is CC(C)C[C@H](NC(=O)[C@@H](NC(=O)[C@@H](N)CNC(=O)c1[nH]c(=O)[nH]c(=O)c1F)C(C)C)C(=O)N[C@@H](Cc1ccccc1)[C@@H](O)C(=O)Nc1cccc(-c2nsc(=O)[nH]2)c1. The van der Waals surface area contributed by atoms with Crippen LogP contribution in [0, 0.1) is 17.7 Å². The molecule has 0 aliphatic carbocycles. The first-order valence-electron chi connectivity index (χ1n) is 18.1. The predicted octanol–water partition coefficient (Wildman–Crippen LogP) is -0.530. The number of carbonyl (C=O) groups is 5. The Balaban J connectivity index is 1.46. The van der Waals surface area contributed by atoms with Crippen LogP contribution in [-0.2, 0) is 25.6 Å². The van der Waals surface area contributed by atoms with Gasteiger partial charge >= 0.3 is 10.6 Å². The number of aromatic amines is 3. The Morgan fingerprint density at radius 2 is 1.57 bits per heavy atom. The van der Waals surface area contributed by atoms with Crippen LogP contribution in [0.5, 0.6) is 0 Å². The molecule has 5 amide bonds. The third kappa shape index (κ3) is 12.3. The summed E-state index contributed by atoms with van der Waals surface area (Å²) in [5.74, 6) is -6.39. The third-order valence-electron chi connectivity index (χ3n) is 8.64. The van der Waals surface area contributed by atoms with E-state index in [0.717, 1.165) is 11.5 Å². The average molecular weight is 825 g/mol. The molecule has 0 bridgehead atoms. The van der Waals surface area contributed by atoms with E-state index in [4.69, 9.17) is 5.73 Å². The number of nitrogens with zero attached hydrogens (tertiary/aromatic N) is 1. The summed E-state index contributed by atoms with van der Waals surface area (Å²) in [6.45, 7) is 6.29. The number of rotatable bonds is 18. The Morgan fingerprint density at radius 3 is 2.21 bits per heavy atom. The number of amides is 5. The van der Waals surface area contributed by atoms with Crippen molar-refractivity contribution in [3.8, 4) is 11.4 Å². The number of nitrogens with two attached hydrogens (primary N) is 1. The maximum atomic E-state index is 14.1.